The number of rotatable bonds is 6. The van der Waals surface area contributed by atoms with E-state index in [-0.39, 0.29) is 11.4 Å². The van der Waals surface area contributed by atoms with Crippen LogP contribution in [0.15, 0.2) is 66.1 Å². The Labute approximate surface area is 130 Å². The van der Waals surface area contributed by atoms with Gasteiger partial charge in [-0.3, -0.25) is 4.31 Å². The highest BCUT2D eigenvalue weighted by atomic mass is 32.2. The highest BCUT2D eigenvalue weighted by Crippen LogP contribution is 2.27. The second kappa shape index (κ2) is 6.75. The van der Waals surface area contributed by atoms with Crippen molar-refractivity contribution >= 4 is 15.7 Å². The second-order valence-corrected chi connectivity index (χ2v) is 6.62. The van der Waals surface area contributed by atoms with Gasteiger partial charge in [-0.1, -0.05) is 31.2 Å². The van der Waals surface area contributed by atoms with Gasteiger partial charge in [0.25, 0.3) is 10.0 Å². The number of sulfonamides is 1. The van der Waals surface area contributed by atoms with E-state index in [1.54, 1.807) is 12.1 Å². The first-order valence-corrected chi connectivity index (χ1v) is 8.41. The quantitative estimate of drug-likeness (QED) is 0.760. The van der Waals surface area contributed by atoms with Crippen LogP contribution < -0.4 is 4.31 Å². The van der Waals surface area contributed by atoms with Crippen molar-refractivity contribution in [3.63, 3.8) is 0 Å². The summed E-state index contributed by atoms with van der Waals surface area (Å²) in [5.41, 5.74) is 1.55. The van der Waals surface area contributed by atoms with E-state index in [9.17, 15) is 12.8 Å². The van der Waals surface area contributed by atoms with Gasteiger partial charge in [-0.25, -0.2) is 12.8 Å². The molecule has 0 heterocycles. The standard InChI is InChI=1S/C17H18FNO2S/c1-3-13-19(17-8-6-5-7-14(17)4-2)22(20,21)16-11-9-15(18)10-12-16/h3,5-12H,1,4,13H2,2H3. The molecule has 22 heavy (non-hydrogen) atoms. The number of anilines is 1. The van der Waals surface area contributed by atoms with Crippen LogP contribution in [-0.4, -0.2) is 15.0 Å². The summed E-state index contributed by atoms with van der Waals surface area (Å²) in [6.07, 6.45) is 2.25. The average Bonchev–Trinajstić information content (AvgIpc) is 2.53. The largest absolute Gasteiger partial charge is 0.264 e. The van der Waals surface area contributed by atoms with Crippen molar-refractivity contribution in [3.8, 4) is 0 Å². The van der Waals surface area contributed by atoms with Gasteiger partial charge in [0.2, 0.25) is 0 Å². The molecule has 3 nitrogen and oxygen atoms in total. The molecule has 0 N–H and O–H groups in total. The zero-order chi connectivity index (χ0) is 16.2. The molecule has 0 aliphatic heterocycles. The minimum absolute atomic E-state index is 0.0571. The van der Waals surface area contributed by atoms with E-state index in [4.69, 9.17) is 0 Å². The van der Waals surface area contributed by atoms with Gasteiger partial charge in [0.1, 0.15) is 5.82 Å². The maximum Gasteiger partial charge on any atom is 0.264 e. The van der Waals surface area contributed by atoms with Gasteiger partial charge in [0, 0.05) is 0 Å². The van der Waals surface area contributed by atoms with Crippen molar-refractivity contribution in [1.29, 1.82) is 0 Å². The number of benzene rings is 2. The Balaban J connectivity index is 2.55. The summed E-state index contributed by atoms with van der Waals surface area (Å²) in [5, 5.41) is 0. The van der Waals surface area contributed by atoms with E-state index in [1.807, 2.05) is 19.1 Å². The molecular weight excluding hydrogens is 301 g/mol. The van der Waals surface area contributed by atoms with Crippen LogP contribution in [0.2, 0.25) is 0 Å². The van der Waals surface area contributed by atoms with Crippen LogP contribution in [0.1, 0.15) is 12.5 Å². The fraction of sp³-hybridized carbons (Fsp3) is 0.176. The fourth-order valence-electron chi connectivity index (χ4n) is 2.23. The van der Waals surface area contributed by atoms with E-state index in [0.717, 1.165) is 17.7 Å². The molecule has 0 radical (unpaired) electrons. The SMILES string of the molecule is C=CCN(c1ccccc1CC)S(=O)(=O)c1ccc(F)cc1. The van der Waals surface area contributed by atoms with Crippen LogP contribution in [0.4, 0.5) is 10.1 Å². The molecular formula is C17H18FNO2S. The molecule has 5 heteroatoms. The lowest BCUT2D eigenvalue weighted by molar-refractivity contribution is 0.591. The molecule has 0 fully saturated rings. The molecule has 2 rings (SSSR count). The van der Waals surface area contributed by atoms with Crippen LogP contribution in [0.5, 0.6) is 0 Å². The summed E-state index contributed by atoms with van der Waals surface area (Å²) in [5.74, 6) is -0.469. The van der Waals surface area contributed by atoms with Crippen LogP contribution >= 0.6 is 0 Å². The van der Waals surface area contributed by atoms with Crippen molar-refractivity contribution in [2.75, 3.05) is 10.8 Å². The second-order valence-electron chi connectivity index (χ2n) is 4.76. The summed E-state index contributed by atoms with van der Waals surface area (Å²) in [4.78, 5) is 0.0571. The first kappa shape index (κ1) is 16.2. The Kier molecular flexibility index (Phi) is 4.98. The minimum atomic E-state index is -3.77. The number of nitrogens with zero attached hydrogens (tertiary/aromatic N) is 1. The summed E-state index contributed by atoms with van der Waals surface area (Å²) in [7, 11) is -3.77. The van der Waals surface area contributed by atoms with Crippen molar-refractivity contribution < 1.29 is 12.8 Å². The fourth-order valence-corrected chi connectivity index (χ4v) is 3.70. The van der Waals surface area contributed by atoms with Crippen molar-refractivity contribution in [3.05, 3.63) is 72.6 Å². The highest BCUT2D eigenvalue weighted by Gasteiger charge is 2.25. The molecule has 0 aliphatic carbocycles. The van der Waals surface area contributed by atoms with E-state index in [0.29, 0.717) is 12.1 Å². The molecule has 0 aliphatic rings. The molecule has 0 bridgehead atoms. The van der Waals surface area contributed by atoms with Crippen LogP contribution in [-0.2, 0) is 16.4 Å². The third kappa shape index (κ3) is 3.20. The number of para-hydroxylation sites is 1. The Morgan fingerprint density at radius 3 is 2.36 bits per heavy atom. The lowest BCUT2D eigenvalue weighted by Gasteiger charge is -2.25. The van der Waals surface area contributed by atoms with Crippen LogP contribution in [0, 0.1) is 5.82 Å². The van der Waals surface area contributed by atoms with Crippen molar-refractivity contribution in [2.24, 2.45) is 0 Å². The van der Waals surface area contributed by atoms with E-state index in [2.05, 4.69) is 6.58 Å². The minimum Gasteiger partial charge on any atom is -0.262 e. The normalized spacial score (nSPS) is 11.2. The first-order chi connectivity index (χ1) is 10.5. The summed E-state index contributed by atoms with van der Waals surface area (Å²) >= 11 is 0. The highest BCUT2D eigenvalue weighted by molar-refractivity contribution is 7.92. The molecule has 0 amide bonds. The van der Waals surface area contributed by atoms with Gasteiger partial charge in [0.05, 0.1) is 17.1 Å². The molecule has 0 aromatic heterocycles. The van der Waals surface area contributed by atoms with Gasteiger partial charge >= 0.3 is 0 Å². The van der Waals surface area contributed by atoms with Crippen molar-refractivity contribution in [2.45, 2.75) is 18.2 Å². The third-order valence-electron chi connectivity index (χ3n) is 3.34. The molecule has 0 saturated carbocycles. The predicted molar refractivity (Wildman–Crippen MR) is 86.9 cm³/mol. The molecule has 116 valence electrons. The summed E-state index contributed by atoms with van der Waals surface area (Å²) < 4.78 is 40.1. The number of aryl methyl sites for hydroxylation is 1. The monoisotopic (exact) mass is 319 g/mol. The first-order valence-electron chi connectivity index (χ1n) is 6.97. The Morgan fingerprint density at radius 2 is 1.77 bits per heavy atom. The Bertz CT molecular complexity index is 754. The summed E-state index contributed by atoms with van der Waals surface area (Å²) in [6, 6.07) is 12.2. The van der Waals surface area contributed by atoms with E-state index < -0.39 is 15.8 Å². The average molecular weight is 319 g/mol. The molecule has 2 aromatic carbocycles. The maximum atomic E-state index is 13.0. The topological polar surface area (TPSA) is 37.4 Å². The van der Waals surface area contributed by atoms with Gasteiger partial charge in [0.15, 0.2) is 0 Å². The van der Waals surface area contributed by atoms with Crippen LogP contribution in [0.25, 0.3) is 0 Å². The number of hydrogen-bond donors (Lipinski definition) is 0. The molecule has 0 saturated heterocycles. The lowest BCUT2D eigenvalue weighted by Crippen LogP contribution is -2.32. The van der Waals surface area contributed by atoms with Crippen molar-refractivity contribution in [1.82, 2.24) is 0 Å². The summed E-state index contributed by atoms with van der Waals surface area (Å²) in [6.45, 7) is 5.75. The molecule has 2 aromatic rings. The van der Waals surface area contributed by atoms with Gasteiger partial charge in [-0.2, -0.15) is 0 Å². The predicted octanol–water partition coefficient (Wildman–Crippen LogP) is 3.77. The molecule has 0 atom stereocenters. The Hall–Kier alpha value is -2.14. The number of halogens is 1. The van der Waals surface area contributed by atoms with Crippen LogP contribution in [0.3, 0.4) is 0 Å². The smallest absolute Gasteiger partial charge is 0.262 e. The molecule has 0 spiro atoms. The third-order valence-corrected chi connectivity index (χ3v) is 5.13. The van der Waals surface area contributed by atoms with Gasteiger partial charge in [-0.05, 0) is 42.3 Å². The van der Waals surface area contributed by atoms with E-state index >= 15 is 0 Å². The number of hydrogen-bond acceptors (Lipinski definition) is 2. The zero-order valence-corrected chi connectivity index (χ0v) is 13.2. The van der Waals surface area contributed by atoms with Gasteiger partial charge < -0.3 is 0 Å². The van der Waals surface area contributed by atoms with E-state index in [1.165, 1.54) is 22.5 Å². The zero-order valence-electron chi connectivity index (χ0n) is 12.4. The Morgan fingerprint density at radius 1 is 1.14 bits per heavy atom. The molecule has 0 unspecified atom stereocenters. The van der Waals surface area contributed by atoms with Gasteiger partial charge in [-0.15, -0.1) is 6.58 Å². The maximum absolute atomic E-state index is 13.0. The lowest BCUT2D eigenvalue weighted by atomic mass is 10.1.